The fourth-order valence-electron chi connectivity index (χ4n) is 5.55. The van der Waals surface area contributed by atoms with Crippen LogP contribution in [0.4, 0.5) is 17.1 Å². The van der Waals surface area contributed by atoms with Crippen molar-refractivity contribution in [2.75, 3.05) is 56.1 Å². The molecule has 0 bridgehead atoms. The number of anilines is 3. The summed E-state index contributed by atoms with van der Waals surface area (Å²) in [4.78, 5) is 52.4. The van der Waals surface area contributed by atoms with Crippen LogP contribution in [0.3, 0.4) is 0 Å². The summed E-state index contributed by atoms with van der Waals surface area (Å²) < 4.78 is 11.3. The van der Waals surface area contributed by atoms with Crippen molar-refractivity contribution in [1.82, 2.24) is 15.3 Å². The predicted molar refractivity (Wildman–Crippen MR) is 211 cm³/mol. The second-order valence-electron chi connectivity index (χ2n) is 12.3. The number of carbonyl (C=O) groups is 3. The molecule has 274 valence electrons. The minimum Gasteiger partial charge on any atom is -0.487 e. The van der Waals surface area contributed by atoms with Gasteiger partial charge in [0.2, 0.25) is 11.8 Å². The Bertz CT molecular complexity index is 2130. The van der Waals surface area contributed by atoms with Crippen LogP contribution in [0.5, 0.6) is 5.75 Å². The molecule has 0 unspecified atom stereocenters. The van der Waals surface area contributed by atoms with Gasteiger partial charge in [-0.1, -0.05) is 53.5 Å². The van der Waals surface area contributed by atoms with Gasteiger partial charge >= 0.3 is 0 Å². The number of carbonyl (C=O) groups excluding carboxylic acids is 3. The van der Waals surface area contributed by atoms with Crippen LogP contribution in [-0.2, 0) is 32.3 Å². The number of nitrogens with zero attached hydrogens (tertiary/aromatic N) is 5. The Balaban J connectivity index is 1.20. The Morgan fingerprint density at radius 2 is 1.70 bits per heavy atom. The Morgan fingerprint density at radius 3 is 2.40 bits per heavy atom. The Hall–Kier alpha value is -5.49. The van der Waals surface area contributed by atoms with Crippen LogP contribution in [0.2, 0.25) is 10.0 Å². The predicted octanol–water partition coefficient (Wildman–Crippen LogP) is 6.86. The molecule has 3 aromatic carbocycles. The first-order chi connectivity index (χ1) is 25.5. The van der Waals surface area contributed by atoms with Crippen molar-refractivity contribution in [2.45, 2.75) is 20.1 Å². The van der Waals surface area contributed by atoms with Crippen LogP contribution >= 0.6 is 23.2 Å². The smallest absolute Gasteiger partial charge is 0.253 e. The fraction of sp³-hybridized carbons (Fsp3) is 0.225. The normalized spacial score (nSPS) is 11.1. The Morgan fingerprint density at radius 1 is 0.925 bits per heavy atom. The summed E-state index contributed by atoms with van der Waals surface area (Å²) in [5, 5.41) is 4.20. The molecule has 3 amide bonds. The number of amides is 3. The van der Waals surface area contributed by atoms with E-state index in [2.05, 4.69) is 10.3 Å². The molecule has 0 radical (unpaired) electrons. The van der Waals surface area contributed by atoms with Crippen molar-refractivity contribution in [3.63, 3.8) is 0 Å². The molecule has 0 saturated heterocycles. The van der Waals surface area contributed by atoms with Crippen molar-refractivity contribution >= 4 is 75.0 Å². The van der Waals surface area contributed by atoms with Crippen molar-refractivity contribution < 1.29 is 23.9 Å². The molecule has 0 atom stereocenters. The van der Waals surface area contributed by atoms with E-state index >= 15 is 0 Å². The number of para-hydroxylation sites is 1. The number of rotatable bonds is 14. The Labute approximate surface area is 318 Å². The molecule has 0 fully saturated rings. The SMILES string of the molecule is COCC(=O)N(Cc1cccnc1)c1ccc(C=CC(=O)NCC(=O)N(C)c2ccc(Cl)c(COc3cccc4c(N(C)C)cc(C)nc34)c2Cl)cc1. The maximum absolute atomic E-state index is 13.2. The molecule has 0 aliphatic heterocycles. The number of aromatic nitrogens is 2. The lowest BCUT2D eigenvalue weighted by Gasteiger charge is -2.22. The lowest BCUT2D eigenvalue weighted by molar-refractivity contribution is -0.122. The number of nitrogens with one attached hydrogen (secondary N) is 1. The molecule has 0 aliphatic rings. The van der Waals surface area contributed by atoms with Gasteiger partial charge in [0.25, 0.3) is 5.91 Å². The lowest BCUT2D eigenvalue weighted by Crippen LogP contribution is -2.37. The molecule has 13 heteroatoms. The topological polar surface area (TPSA) is 117 Å². The Kier molecular flexibility index (Phi) is 13.0. The summed E-state index contributed by atoms with van der Waals surface area (Å²) in [7, 11) is 6.99. The zero-order valence-corrected chi connectivity index (χ0v) is 31.6. The number of methoxy groups -OCH3 is 1. The molecular weight excluding hydrogens is 715 g/mol. The number of benzene rings is 3. The van der Waals surface area contributed by atoms with E-state index < -0.39 is 11.8 Å². The molecule has 2 aromatic heterocycles. The number of aryl methyl sites for hydroxylation is 1. The van der Waals surface area contributed by atoms with Crippen molar-refractivity contribution in [3.8, 4) is 5.75 Å². The van der Waals surface area contributed by atoms with E-state index in [-0.39, 0.29) is 30.7 Å². The molecule has 5 rings (SSSR count). The van der Waals surface area contributed by atoms with Crippen molar-refractivity contribution in [1.29, 1.82) is 0 Å². The molecule has 2 heterocycles. The average molecular weight is 756 g/mol. The van der Waals surface area contributed by atoms with Gasteiger partial charge in [-0.15, -0.1) is 0 Å². The third kappa shape index (κ3) is 9.69. The summed E-state index contributed by atoms with van der Waals surface area (Å²) in [6, 6.07) is 21.9. The van der Waals surface area contributed by atoms with E-state index in [4.69, 9.17) is 37.7 Å². The standard InChI is InChI=1S/C40H40Cl2N6O5/c1-26-20-34(46(2)3)30-9-6-10-35(40(30)45-26)53-24-31-32(41)16-17-33(39(31)42)47(4)37(50)22-44-36(49)18-13-27-11-14-29(15-12-27)48(38(51)25-52-5)23-28-8-7-19-43-21-28/h6-21H,22-25H2,1-5H3,(H,44,49). The van der Waals surface area contributed by atoms with E-state index in [0.717, 1.165) is 27.9 Å². The zero-order valence-electron chi connectivity index (χ0n) is 30.1. The summed E-state index contributed by atoms with van der Waals surface area (Å²) in [6.45, 7) is 1.95. The van der Waals surface area contributed by atoms with Gasteiger partial charge in [0.05, 0.1) is 23.8 Å². The van der Waals surface area contributed by atoms with E-state index in [9.17, 15) is 14.4 Å². The molecule has 0 spiro atoms. The quantitative estimate of drug-likeness (QED) is 0.122. The number of hydrogen-bond donors (Lipinski definition) is 1. The van der Waals surface area contributed by atoms with Crippen molar-refractivity contribution in [2.24, 2.45) is 0 Å². The fourth-order valence-corrected chi connectivity index (χ4v) is 6.16. The van der Waals surface area contributed by atoms with Gasteiger partial charge in [-0.3, -0.25) is 19.4 Å². The molecular formula is C40H40Cl2N6O5. The van der Waals surface area contributed by atoms with Gasteiger partial charge in [0.15, 0.2) is 0 Å². The van der Waals surface area contributed by atoms with E-state index in [1.165, 1.54) is 18.1 Å². The second kappa shape index (κ2) is 17.8. The van der Waals surface area contributed by atoms with Crippen molar-refractivity contribution in [3.05, 3.63) is 124 Å². The minimum atomic E-state index is -0.461. The monoisotopic (exact) mass is 754 g/mol. The van der Waals surface area contributed by atoms with Crippen LogP contribution in [-0.4, -0.2) is 69.1 Å². The van der Waals surface area contributed by atoms with E-state index in [0.29, 0.717) is 39.8 Å². The van der Waals surface area contributed by atoms with Crippen LogP contribution in [0.1, 0.15) is 22.4 Å². The number of ether oxygens (including phenoxy) is 2. The summed E-state index contributed by atoms with van der Waals surface area (Å²) in [5.41, 5.74) is 5.76. The van der Waals surface area contributed by atoms with Gasteiger partial charge in [-0.25, -0.2) is 4.98 Å². The van der Waals surface area contributed by atoms with E-state index in [1.807, 2.05) is 62.3 Å². The highest BCUT2D eigenvalue weighted by atomic mass is 35.5. The third-order valence-corrected chi connectivity index (χ3v) is 9.12. The summed E-state index contributed by atoms with van der Waals surface area (Å²) in [6.07, 6.45) is 6.33. The lowest BCUT2D eigenvalue weighted by atomic mass is 10.1. The molecule has 0 aliphatic carbocycles. The number of pyridine rings is 2. The largest absolute Gasteiger partial charge is 0.487 e. The number of likely N-dealkylation sites (N-methyl/N-ethyl adjacent to an activating group) is 1. The maximum atomic E-state index is 13.2. The molecule has 53 heavy (non-hydrogen) atoms. The second-order valence-corrected chi connectivity index (χ2v) is 13.1. The van der Waals surface area contributed by atoms with E-state index in [1.54, 1.807) is 66.8 Å². The number of hydrogen-bond acceptors (Lipinski definition) is 8. The average Bonchev–Trinajstić information content (AvgIpc) is 3.15. The molecule has 1 N–H and O–H groups in total. The molecule has 11 nitrogen and oxygen atoms in total. The first-order valence-electron chi connectivity index (χ1n) is 16.6. The van der Waals surface area contributed by atoms with Crippen LogP contribution in [0.25, 0.3) is 17.0 Å². The summed E-state index contributed by atoms with van der Waals surface area (Å²) >= 11 is 13.4. The maximum Gasteiger partial charge on any atom is 0.253 e. The van der Waals surface area contributed by atoms with Gasteiger partial charge in [-0.05, 0) is 66.6 Å². The van der Waals surface area contributed by atoms with Gasteiger partial charge in [0.1, 0.15) is 24.5 Å². The van der Waals surface area contributed by atoms with Crippen LogP contribution < -0.4 is 24.8 Å². The van der Waals surface area contributed by atoms with Crippen LogP contribution in [0.15, 0.2) is 91.3 Å². The molecule has 5 aromatic rings. The highest BCUT2D eigenvalue weighted by Gasteiger charge is 2.20. The first kappa shape index (κ1) is 38.7. The highest BCUT2D eigenvalue weighted by Crippen LogP contribution is 2.36. The third-order valence-electron chi connectivity index (χ3n) is 8.34. The van der Waals surface area contributed by atoms with Gasteiger partial charge in [-0.2, -0.15) is 0 Å². The number of fused-ring (bicyclic) bond motifs is 1. The summed E-state index contributed by atoms with van der Waals surface area (Å²) in [5.74, 6) is -0.489. The zero-order chi connectivity index (χ0) is 38.1. The minimum absolute atomic E-state index is 0.0358. The first-order valence-corrected chi connectivity index (χ1v) is 17.4. The highest BCUT2D eigenvalue weighted by molar-refractivity contribution is 6.38. The van der Waals surface area contributed by atoms with Crippen LogP contribution in [0, 0.1) is 6.92 Å². The van der Waals surface area contributed by atoms with Gasteiger partial charge in [0, 0.05) is 79.8 Å². The molecule has 0 saturated carbocycles. The van der Waals surface area contributed by atoms with Gasteiger partial charge < -0.3 is 29.5 Å². The number of halogens is 2.